The lowest BCUT2D eigenvalue weighted by Gasteiger charge is -1.91. The summed E-state index contributed by atoms with van der Waals surface area (Å²) in [6.45, 7) is 4.76. The van der Waals surface area contributed by atoms with Crippen molar-refractivity contribution in [3.05, 3.63) is 23.8 Å². The Bertz CT molecular complexity index is 112. The van der Waals surface area contributed by atoms with E-state index in [1.54, 1.807) is 0 Å². The van der Waals surface area contributed by atoms with Crippen LogP contribution in [0.3, 0.4) is 0 Å². The van der Waals surface area contributed by atoms with Crippen molar-refractivity contribution >= 4 is 0 Å². The molecule has 9 heavy (non-hydrogen) atoms. The van der Waals surface area contributed by atoms with Crippen molar-refractivity contribution in [2.24, 2.45) is 5.73 Å². The third-order valence-corrected chi connectivity index (χ3v) is 1.17. The Hall–Kier alpha value is -0.560. The van der Waals surface area contributed by atoms with E-state index in [0.717, 1.165) is 6.42 Å². The van der Waals surface area contributed by atoms with Crippen molar-refractivity contribution in [2.75, 3.05) is 6.54 Å². The highest BCUT2D eigenvalue weighted by atomic mass is 14.5. The van der Waals surface area contributed by atoms with Gasteiger partial charge in [-0.15, -0.1) is 0 Å². The Balaban J connectivity index is 3.70. The predicted octanol–water partition coefficient (Wildman–Crippen LogP) is 1.86. The van der Waals surface area contributed by atoms with Crippen LogP contribution in [0.15, 0.2) is 23.8 Å². The summed E-state index contributed by atoms with van der Waals surface area (Å²) in [7, 11) is 0. The first-order valence-electron chi connectivity index (χ1n) is 3.37. The molecule has 0 aliphatic heterocycles. The van der Waals surface area contributed by atoms with E-state index in [0.29, 0.717) is 6.54 Å². The van der Waals surface area contributed by atoms with Gasteiger partial charge in [-0.1, -0.05) is 25.2 Å². The Kier molecular flexibility index (Phi) is 5.23. The average molecular weight is 125 g/mol. The Morgan fingerprint density at radius 2 is 2.22 bits per heavy atom. The summed E-state index contributed by atoms with van der Waals surface area (Å²) in [6.07, 6.45) is 7.30. The summed E-state index contributed by atoms with van der Waals surface area (Å²) < 4.78 is 0. The summed E-state index contributed by atoms with van der Waals surface area (Å²) in [5.41, 5.74) is 6.61. The molecule has 0 rings (SSSR count). The maximum Gasteiger partial charge on any atom is 0.0174 e. The zero-order valence-electron chi connectivity index (χ0n) is 6.22. The van der Waals surface area contributed by atoms with E-state index in [9.17, 15) is 0 Å². The lowest BCUT2D eigenvalue weighted by atomic mass is 10.2. The van der Waals surface area contributed by atoms with Crippen LogP contribution < -0.4 is 5.73 Å². The topological polar surface area (TPSA) is 26.0 Å². The van der Waals surface area contributed by atoms with Crippen molar-refractivity contribution < 1.29 is 0 Å². The second-order valence-corrected chi connectivity index (χ2v) is 1.88. The van der Waals surface area contributed by atoms with Gasteiger partial charge in [0.2, 0.25) is 0 Å². The molecule has 0 bridgehead atoms. The van der Waals surface area contributed by atoms with Gasteiger partial charge >= 0.3 is 0 Å². The molecule has 0 amide bonds. The fraction of sp³-hybridized carbons (Fsp3) is 0.500. The van der Waals surface area contributed by atoms with Gasteiger partial charge in [-0.2, -0.15) is 0 Å². The molecule has 0 aromatic carbocycles. The summed E-state index contributed by atoms with van der Waals surface area (Å²) in [5, 5.41) is 0. The highest BCUT2D eigenvalue weighted by Crippen LogP contribution is 1.93. The molecule has 2 N–H and O–H groups in total. The zero-order chi connectivity index (χ0) is 7.11. The molecule has 0 fully saturated rings. The van der Waals surface area contributed by atoms with Gasteiger partial charge in [-0.25, -0.2) is 0 Å². The molecular weight excluding hydrogens is 110 g/mol. The van der Waals surface area contributed by atoms with Crippen LogP contribution in [0, 0.1) is 0 Å². The van der Waals surface area contributed by atoms with E-state index in [1.165, 1.54) is 5.57 Å². The molecule has 0 aliphatic rings. The van der Waals surface area contributed by atoms with Crippen molar-refractivity contribution in [1.29, 1.82) is 0 Å². The molecule has 0 aliphatic carbocycles. The first kappa shape index (κ1) is 8.44. The van der Waals surface area contributed by atoms with Crippen LogP contribution >= 0.6 is 0 Å². The second kappa shape index (κ2) is 5.57. The Labute approximate surface area is 57.3 Å². The van der Waals surface area contributed by atoms with Gasteiger partial charge in [0.05, 0.1) is 0 Å². The monoisotopic (exact) mass is 125 g/mol. The third-order valence-electron chi connectivity index (χ3n) is 1.17. The molecule has 0 spiro atoms. The number of allylic oxidation sites excluding steroid dienone is 2. The van der Waals surface area contributed by atoms with Gasteiger partial charge < -0.3 is 5.73 Å². The van der Waals surface area contributed by atoms with Crippen molar-refractivity contribution in [3.63, 3.8) is 0 Å². The minimum atomic E-state index is 0.646. The molecule has 0 aromatic heterocycles. The van der Waals surface area contributed by atoms with Crippen LogP contribution in [0.2, 0.25) is 0 Å². The van der Waals surface area contributed by atoms with Gasteiger partial charge in [-0.05, 0) is 18.9 Å². The minimum Gasteiger partial charge on any atom is -0.327 e. The van der Waals surface area contributed by atoms with E-state index in [-0.39, 0.29) is 0 Å². The first-order valence-corrected chi connectivity index (χ1v) is 3.37. The first-order chi connectivity index (χ1) is 4.35. The normalized spacial score (nSPS) is 13.0. The summed E-state index contributed by atoms with van der Waals surface area (Å²) >= 11 is 0. The highest BCUT2D eigenvalue weighted by Gasteiger charge is 1.81. The second-order valence-electron chi connectivity index (χ2n) is 1.88. The SMILES string of the molecule is C/C=C(\C=C/CC)CN. The molecule has 0 atom stereocenters. The molecule has 0 aromatic rings. The molecule has 0 saturated heterocycles. The smallest absolute Gasteiger partial charge is 0.0174 e. The van der Waals surface area contributed by atoms with E-state index >= 15 is 0 Å². The maximum atomic E-state index is 5.40. The standard InChI is InChI=1S/C8H15N/c1-3-5-6-8(4-2)7-9/h4-6H,3,7,9H2,1-2H3/b6-5-,8-4+. The number of rotatable bonds is 3. The van der Waals surface area contributed by atoms with Crippen molar-refractivity contribution in [3.8, 4) is 0 Å². The van der Waals surface area contributed by atoms with Crippen LogP contribution in [0.4, 0.5) is 0 Å². The number of hydrogen-bond donors (Lipinski definition) is 1. The largest absolute Gasteiger partial charge is 0.327 e. The van der Waals surface area contributed by atoms with Crippen molar-refractivity contribution in [2.45, 2.75) is 20.3 Å². The van der Waals surface area contributed by atoms with Gasteiger partial charge in [0.15, 0.2) is 0 Å². The summed E-state index contributed by atoms with van der Waals surface area (Å²) in [6, 6.07) is 0. The van der Waals surface area contributed by atoms with Crippen LogP contribution in [0.25, 0.3) is 0 Å². The fourth-order valence-corrected chi connectivity index (χ4v) is 0.551. The molecule has 52 valence electrons. The number of nitrogens with two attached hydrogens (primary N) is 1. The van der Waals surface area contributed by atoms with Crippen LogP contribution in [-0.4, -0.2) is 6.54 Å². The maximum absolute atomic E-state index is 5.40. The van der Waals surface area contributed by atoms with Crippen molar-refractivity contribution in [1.82, 2.24) is 0 Å². The predicted molar refractivity (Wildman–Crippen MR) is 42.2 cm³/mol. The summed E-state index contributed by atoms with van der Waals surface area (Å²) in [4.78, 5) is 0. The molecular formula is C8H15N. The average Bonchev–Trinajstić information content (AvgIpc) is 1.91. The quantitative estimate of drug-likeness (QED) is 0.572. The third kappa shape index (κ3) is 3.98. The van der Waals surface area contributed by atoms with E-state index in [2.05, 4.69) is 19.1 Å². The van der Waals surface area contributed by atoms with Crippen LogP contribution in [0.1, 0.15) is 20.3 Å². The summed E-state index contributed by atoms with van der Waals surface area (Å²) in [5.74, 6) is 0. The molecule has 0 saturated carbocycles. The van der Waals surface area contributed by atoms with Gasteiger partial charge in [-0.3, -0.25) is 0 Å². The molecule has 1 nitrogen and oxygen atoms in total. The zero-order valence-corrected chi connectivity index (χ0v) is 6.22. The highest BCUT2D eigenvalue weighted by molar-refractivity contribution is 5.18. The van der Waals surface area contributed by atoms with E-state index in [4.69, 9.17) is 5.73 Å². The molecule has 1 heteroatoms. The van der Waals surface area contributed by atoms with Gasteiger partial charge in [0, 0.05) is 6.54 Å². The molecule has 0 unspecified atom stereocenters. The number of hydrogen-bond acceptors (Lipinski definition) is 1. The van der Waals surface area contributed by atoms with E-state index in [1.807, 2.05) is 13.0 Å². The lowest BCUT2D eigenvalue weighted by molar-refractivity contribution is 1.16. The van der Waals surface area contributed by atoms with Gasteiger partial charge in [0.25, 0.3) is 0 Å². The Morgan fingerprint density at radius 1 is 1.56 bits per heavy atom. The fourth-order valence-electron chi connectivity index (χ4n) is 0.551. The van der Waals surface area contributed by atoms with Crippen LogP contribution in [-0.2, 0) is 0 Å². The van der Waals surface area contributed by atoms with Crippen LogP contribution in [0.5, 0.6) is 0 Å². The lowest BCUT2D eigenvalue weighted by Crippen LogP contribution is -1.99. The molecule has 0 radical (unpaired) electrons. The Morgan fingerprint density at radius 3 is 2.56 bits per heavy atom. The minimum absolute atomic E-state index is 0.646. The van der Waals surface area contributed by atoms with E-state index < -0.39 is 0 Å². The molecule has 0 heterocycles. The van der Waals surface area contributed by atoms with Gasteiger partial charge in [0.1, 0.15) is 0 Å².